The van der Waals surface area contributed by atoms with Crippen molar-refractivity contribution in [3.8, 4) is 0 Å². The normalized spacial score (nSPS) is 11.7. The molecule has 2 aromatic rings. The van der Waals surface area contributed by atoms with E-state index in [1.807, 2.05) is 0 Å². The van der Waals surface area contributed by atoms with Crippen LogP contribution in [-0.2, 0) is 16.4 Å². The highest BCUT2D eigenvalue weighted by molar-refractivity contribution is 7.89. The number of nitrogens with one attached hydrogen (secondary N) is 1. The first-order chi connectivity index (χ1) is 9.40. The Morgan fingerprint density at radius 3 is 2.80 bits per heavy atom. The number of halogens is 1. The standard InChI is InChI=1S/C13H15ClN2O3S/c1-9-7-11(14)13(8-12(9)15)20(17,18)16-5-4-10-3-2-6-19-10/h2-3,6-8,16H,4-5,15H2,1H3. The van der Waals surface area contributed by atoms with Gasteiger partial charge in [0.15, 0.2) is 0 Å². The second-order valence-corrected chi connectivity index (χ2v) is 6.51. The monoisotopic (exact) mass is 314 g/mol. The van der Waals surface area contributed by atoms with Crippen LogP contribution in [0.2, 0.25) is 5.02 Å². The average molecular weight is 315 g/mol. The minimum absolute atomic E-state index is 0.0123. The Hall–Kier alpha value is -1.50. The molecule has 0 aliphatic carbocycles. The summed E-state index contributed by atoms with van der Waals surface area (Å²) in [6.45, 7) is 1.99. The van der Waals surface area contributed by atoms with Crippen molar-refractivity contribution in [2.45, 2.75) is 18.2 Å². The number of anilines is 1. The highest BCUT2D eigenvalue weighted by atomic mass is 35.5. The Labute approximate surface area is 122 Å². The lowest BCUT2D eigenvalue weighted by Crippen LogP contribution is -2.26. The van der Waals surface area contributed by atoms with E-state index >= 15 is 0 Å². The number of hydrogen-bond donors (Lipinski definition) is 2. The highest BCUT2D eigenvalue weighted by Gasteiger charge is 2.18. The van der Waals surface area contributed by atoms with Crippen LogP contribution in [0, 0.1) is 6.92 Å². The zero-order chi connectivity index (χ0) is 14.8. The average Bonchev–Trinajstić information content (AvgIpc) is 2.86. The van der Waals surface area contributed by atoms with Crippen molar-refractivity contribution in [3.05, 3.63) is 46.9 Å². The third-order valence-corrected chi connectivity index (χ3v) is 4.78. The van der Waals surface area contributed by atoms with Crippen LogP contribution in [0.25, 0.3) is 0 Å². The number of benzene rings is 1. The first-order valence-corrected chi connectivity index (χ1v) is 7.84. The smallest absolute Gasteiger partial charge is 0.242 e. The summed E-state index contributed by atoms with van der Waals surface area (Å²) in [4.78, 5) is -0.0123. The number of nitrogens with two attached hydrogens (primary N) is 1. The third-order valence-electron chi connectivity index (χ3n) is 2.85. The molecule has 5 nitrogen and oxygen atoms in total. The van der Waals surface area contributed by atoms with Gasteiger partial charge in [-0.2, -0.15) is 0 Å². The summed E-state index contributed by atoms with van der Waals surface area (Å²) in [5.74, 6) is 0.710. The molecule has 0 unspecified atom stereocenters. The van der Waals surface area contributed by atoms with Gasteiger partial charge in [0.1, 0.15) is 10.7 Å². The number of sulfonamides is 1. The summed E-state index contributed by atoms with van der Waals surface area (Å²) in [7, 11) is -3.69. The SMILES string of the molecule is Cc1cc(Cl)c(S(=O)(=O)NCCc2ccco2)cc1N. The fourth-order valence-electron chi connectivity index (χ4n) is 1.72. The number of nitrogen functional groups attached to an aromatic ring is 1. The first kappa shape index (κ1) is 14.9. The van der Waals surface area contributed by atoms with Gasteiger partial charge in [0.25, 0.3) is 0 Å². The van der Waals surface area contributed by atoms with Gasteiger partial charge in [0.2, 0.25) is 10.0 Å². The lowest BCUT2D eigenvalue weighted by atomic mass is 10.2. The van der Waals surface area contributed by atoms with Crippen molar-refractivity contribution in [2.24, 2.45) is 0 Å². The summed E-state index contributed by atoms with van der Waals surface area (Å²) in [5, 5.41) is 0.155. The molecule has 1 aromatic heterocycles. The molecule has 7 heteroatoms. The number of furan rings is 1. The Balaban J connectivity index is 2.12. The van der Waals surface area contributed by atoms with E-state index in [1.165, 1.54) is 12.1 Å². The fourth-order valence-corrected chi connectivity index (χ4v) is 3.36. The molecule has 0 bridgehead atoms. The van der Waals surface area contributed by atoms with E-state index in [0.29, 0.717) is 17.9 Å². The number of hydrogen-bond acceptors (Lipinski definition) is 4. The van der Waals surface area contributed by atoms with Crippen molar-refractivity contribution in [3.63, 3.8) is 0 Å². The van der Waals surface area contributed by atoms with Gasteiger partial charge in [-0.1, -0.05) is 11.6 Å². The molecule has 0 amide bonds. The van der Waals surface area contributed by atoms with Gasteiger partial charge in [-0.25, -0.2) is 13.1 Å². The zero-order valence-electron chi connectivity index (χ0n) is 10.9. The van der Waals surface area contributed by atoms with Crippen molar-refractivity contribution < 1.29 is 12.8 Å². The van der Waals surface area contributed by atoms with Gasteiger partial charge in [0.05, 0.1) is 11.3 Å². The summed E-state index contributed by atoms with van der Waals surface area (Å²) in [6.07, 6.45) is 2.01. The third kappa shape index (κ3) is 3.33. The number of rotatable bonds is 5. The van der Waals surface area contributed by atoms with Crippen LogP contribution in [0.1, 0.15) is 11.3 Å². The molecule has 3 N–H and O–H groups in total. The second-order valence-electron chi connectivity index (χ2n) is 4.37. The van der Waals surface area contributed by atoms with Gasteiger partial charge in [-0.3, -0.25) is 0 Å². The van der Waals surface area contributed by atoms with Crippen molar-refractivity contribution in [1.29, 1.82) is 0 Å². The highest BCUT2D eigenvalue weighted by Crippen LogP contribution is 2.26. The predicted molar refractivity (Wildman–Crippen MR) is 78.2 cm³/mol. The molecule has 0 saturated carbocycles. The van der Waals surface area contributed by atoms with E-state index in [4.69, 9.17) is 21.8 Å². The second kappa shape index (κ2) is 5.87. The van der Waals surface area contributed by atoms with Gasteiger partial charge >= 0.3 is 0 Å². The van der Waals surface area contributed by atoms with E-state index in [0.717, 1.165) is 5.56 Å². The molecule has 1 aromatic carbocycles. The van der Waals surface area contributed by atoms with E-state index in [-0.39, 0.29) is 16.5 Å². The Kier molecular flexibility index (Phi) is 4.37. The van der Waals surface area contributed by atoms with Crippen LogP contribution in [-0.4, -0.2) is 15.0 Å². The predicted octanol–water partition coefficient (Wildman–Crippen LogP) is 2.34. The molecule has 108 valence electrons. The lowest BCUT2D eigenvalue weighted by molar-refractivity contribution is 0.506. The Morgan fingerprint density at radius 2 is 2.15 bits per heavy atom. The van der Waals surface area contributed by atoms with E-state index in [2.05, 4.69) is 4.72 Å². The molecule has 0 aliphatic rings. The Bertz CT molecular complexity index is 697. The van der Waals surface area contributed by atoms with Gasteiger partial charge < -0.3 is 10.2 Å². The first-order valence-electron chi connectivity index (χ1n) is 5.98. The molecule has 1 heterocycles. The molecule has 0 spiro atoms. The topological polar surface area (TPSA) is 85.3 Å². The maximum absolute atomic E-state index is 12.2. The van der Waals surface area contributed by atoms with Crippen LogP contribution in [0.3, 0.4) is 0 Å². The minimum atomic E-state index is -3.69. The zero-order valence-corrected chi connectivity index (χ0v) is 12.5. The van der Waals surface area contributed by atoms with Gasteiger partial charge in [0, 0.05) is 18.7 Å². The summed E-state index contributed by atoms with van der Waals surface area (Å²) in [6, 6.07) is 6.44. The molecule has 0 fully saturated rings. The van der Waals surface area contributed by atoms with Crippen molar-refractivity contribution in [1.82, 2.24) is 4.72 Å². The van der Waals surface area contributed by atoms with Gasteiger partial charge in [-0.15, -0.1) is 0 Å². The molecular formula is C13H15ClN2O3S. The van der Waals surface area contributed by atoms with E-state index in [9.17, 15) is 8.42 Å². The summed E-state index contributed by atoms with van der Waals surface area (Å²) in [5.41, 5.74) is 6.86. The molecule has 20 heavy (non-hydrogen) atoms. The van der Waals surface area contributed by atoms with E-state index < -0.39 is 10.0 Å². The molecule has 0 saturated heterocycles. The van der Waals surface area contributed by atoms with Crippen molar-refractivity contribution >= 4 is 27.3 Å². The molecule has 0 radical (unpaired) electrons. The lowest BCUT2D eigenvalue weighted by Gasteiger charge is -2.10. The quantitative estimate of drug-likeness (QED) is 0.829. The fraction of sp³-hybridized carbons (Fsp3) is 0.231. The Morgan fingerprint density at radius 1 is 1.40 bits per heavy atom. The largest absolute Gasteiger partial charge is 0.469 e. The molecular weight excluding hydrogens is 300 g/mol. The van der Waals surface area contributed by atoms with Gasteiger partial charge in [-0.05, 0) is 36.8 Å². The summed E-state index contributed by atoms with van der Waals surface area (Å²) < 4.78 is 31.9. The minimum Gasteiger partial charge on any atom is -0.469 e. The van der Waals surface area contributed by atoms with Crippen LogP contribution >= 0.6 is 11.6 Å². The summed E-state index contributed by atoms with van der Waals surface area (Å²) >= 11 is 5.97. The van der Waals surface area contributed by atoms with Crippen LogP contribution < -0.4 is 10.5 Å². The number of aryl methyl sites for hydroxylation is 1. The van der Waals surface area contributed by atoms with E-state index in [1.54, 1.807) is 25.3 Å². The van der Waals surface area contributed by atoms with Crippen LogP contribution in [0.5, 0.6) is 0 Å². The van der Waals surface area contributed by atoms with Crippen LogP contribution in [0.15, 0.2) is 39.8 Å². The molecule has 0 aliphatic heterocycles. The van der Waals surface area contributed by atoms with Crippen LogP contribution in [0.4, 0.5) is 5.69 Å². The van der Waals surface area contributed by atoms with Crippen molar-refractivity contribution in [2.75, 3.05) is 12.3 Å². The molecule has 0 atom stereocenters. The molecule has 2 rings (SSSR count). The maximum atomic E-state index is 12.2. The maximum Gasteiger partial charge on any atom is 0.242 e.